The first-order valence-corrected chi connectivity index (χ1v) is 6.30. The summed E-state index contributed by atoms with van der Waals surface area (Å²) in [6.45, 7) is 1.95. The Balaban J connectivity index is 0.00000161. The van der Waals surface area contributed by atoms with Crippen LogP contribution in [0.15, 0.2) is 55.0 Å². The van der Waals surface area contributed by atoms with Gasteiger partial charge in [-0.2, -0.15) is 5.26 Å². The minimum atomic E-state index is 0. The Bertz CT molecular complexity index is 697. The molecule has 1 radical (unpaired) electrons. The molecule has 0 saturated heterocycles. The summed E-state index contributed by atoms with van der Waals surface area (Å²) in [5.41, 5.74) is 2.65. The number of rotatable bonds is 2. The molecule has 0 aliphatic carbocycles. The second kappa shape index (κ2) is 6.60. The van der Waals surface area contributed by atoms with E-state index in [0.29, 0.717) is 5.56 Å². The maximum atomic E-state index is 8.88. The van der Waals surface area contributed by atoms with Gasteiger partial charge >= 0.3 is 7.55 Å². The maximum Gasteiger partial charge on any atom is 0.401 e. The molecule has 21 heavy (non-hydrogen) atoms. The molecule has 6 heteroatoms. The summed E-state index contributed by atoms with van der Waals surface area (Å²) in [5.74, 6) is 0.832. The number of aryl methyl sites for hydroxylation is 1. The van der Waals surface area contributed by atoms with Gasteiger partial charge in [0.2, 0.25) is 0 Å². The first kappa shape index (κ1) is 15.3. The van der Waals surface area contributed by atoms with E-state index in [1.165, 1.54) is 0 Å². The van der Waals surface area contributed by atoms with Gasteiger partial charge in [-0.05, 0) is 30.7 Å². The van der Waals surface area contributed by atoms with Crippen LogP contribution in [0.4, 0.5) is 11.5 Å². The Morgan fingerprint density at radius 3 is 2.52 bits per heavy atom. The Hall–Kier alpha value is -2.05. The van der Waals surface area contributed by atoms with Crippen molar-refractivity contribution in [3.63, 3.8) is 0 Å². The van der Waals surface area contributed by atoms with Crippen LogP contribution in [0, 0.1) is 18.3 Å². The molecule has 0 unspecified atom stereocenters. The number of para-hydroxylation sites is 1. The van der Waals surface area contributed by atoms with Gasteiger partial charge in [-0.15, -0.1) is 0 Å². The minimum absolute atomic E-state index is 0. The van der Waals surface area contributed by atoms with Crippen LogP contribution in [-0.4, -0.2) is 12.5 Å². The number of nitriles is 1. The van der Waals surface area contributed by atoms with Gasteiger partial charge in [0.15, 0.2) is 0 Å². The van der Waals surface area contributed by atoms with Gasteiger partial charge in [-0.25, -0.2) is 4.98 Å². The van der Waals surface area contributed by atoms with E-state index in [4.69, 9.17) is 5.26 Å². The zero-order valence-corrected chi connectivity index (χ0v) is 13.7. The molecule has 105 valence electrons. The molecular weight excluding hydrogens is 442 g/mol. The van der Waals surface area contributed by atoms with Crippen LogP contribution in [0.25, 0.3) is 0 Å². The average molecular weight is 454 g/mol. The van der Waals surface area contributed by atoms with E-state index in [0.717, 1.165) is 17.1 Å². The van der Waals surface area contributed by atoms with Crippen molar-refractivity contribution in [1.82, 2.24) is 4.98 Å². The Morgan fingerprint density at radius 2 is 1.86 bits per heavy atom. The molecule has 1 aromatic heterocycles. The first-order chi connectivity index (χ1) is 9.78. The number of aromatic nitrogens is 1. The molecule has 0 atom stereocenters. The molecule has 0 bridgehead atoms. The van der Waals surface area contributed by atoms with Crippen LogP contribution in [-0.2, 0) is 21.1 Å². The molecule has 1 aliphatic heterocycles. The Morgan fingerprint density at radius 1 is 1.14 bits per heavy atom. The van der Waals surface area contributed by atoms with E-state index in [1.54, 1.807) is 6.20 Å². The molecule has 3 rings (SSSR count). The SMILES string of the molecule is Cc1cc(C#N)cnc1N1[B]N(c2ccccc2)C=C1.[Pt]. The van der Waals surface area contributed by atoms with Crippen molar-refractivity contribution < 1.29 is 21.1 Å². The molecule has 4 nitrogen and oxygen atoms in total. The maximum absolute atomic E-state index is 8.88. The number of nitrogens with zero attached hydrogens (tertiary/aromatic N) is 4. The van der Waals surface area contributed by atoms with Crippen LogP contribution in [0.3, 0.4) is 0 Å². The number of hydrogen-bond donors (Lipinski definition) is 0. The molecule has 0 amide bonds. The van der Waals surface area contributed by atoms with Gasteiger partial charge in [-0.1, -0.05) is 18.2 Å². The van der Waals surface area contributed by atoms with Crippen LogP contribution in [0.2, 0.25) is 0 Å². The van der Waals surface area contributed by atoms with E-state index in [-0.39, 0.29) is 21.1 Å². The normalized spacial score (nSPS) is 12.6. The van der Waals surface area contributed by atoms with Crippen molar-refractivity contribution in [3.05, 3.63) is 66.1 Å². The molecular formula is C15H12BN4Pt. The van der Waals surface area contributed by atoms with Crippen molar-refractivity contribution >= 4 is 19.1 Å². The van der Waals surface area contributed by atoms with E-state index in [9.17, 15) is 0 Å². The van der Waals surface area contributed by atoms with E-state index >= 15 is 0 Å². The smallest absolute Gasteiger partial charge is 0.374 e. The summed E-state index contributed by atoms with van der Waals surface area (Å²) < 4.78 is 0. The third-order valence-electron chi connectivity index (χ3n) is 3.12. The quantitative estimate of drug-likeness (QED) is 0.655. The van der Waals surface area contributed by atoms with Gasteiger partial charge in [0, 0.05) is 45.3 Å². The Labute approximate surface area is 139 Å². The van der Waals surface area contributed by atoms with E-state index in [2.05, 4.69) is 11.1 Å². The van der Waals surface area contributed by atoms with Crippen molar-refractivity contribution in [2.24, 2.45) is 0 Å². The van der Waals surface area contributed by atoms with Gasteiger partial charge in [0.25, 0.3) is 0 Å². The fraction of sp³-hybridized carbons (Fsp3) is 0.0667. The second-order valence-corrected chi connectivity index (χ2v) is 4.54. The molecule has 2 aromatic rings. The summed E-state index contributed by atoms with van der Waals surface area (Å²) in [6, 6.07) is 14.0. The first-order valence-electron chi connectivity index (χ1n) is 6.30. The summed E-state index contributed by atoms with van der Waals surface area (Å²) in [4.78, 5) is 8.33. The average Bonchev–Trinajstić information content (AvgIpc) is 2.97. The number of benzene rings is 1. The monoisotopic (exact) mass is 454 g/mol. The van der Waals surface area contributed by atoms with Crippen molar-refractivity contribution in [2.75, 3.05) is 9.62 Å². The van der Waals surface area contributed by atoms with Crippen molar-refractivity contribution in [2.45, 2.75) is 6.92 Å². The van der Waals surface area contributed by atoms with Crippen LogP contribution < -0.4 is 9.62 Å². The largest absolute Gasteiger partial charge is 0.401 e. The third kappa shape index (κ3) is 3.17. The van der Waals surface area contributed by atoms with Gasteiger partial charge in [0.1, 0.15) is 11.9 Å². The fourth-order valence-corrected chi connectivity index (χ4v) is 2.13. The molecule has 0 fully saturated rings. The van der Waals surface area contributed by atoms with E-state index in [1.807, 2.05) is 72.9 Å². The van der Waals surface area contributed by atoms with Crippen LogP contribution >= 0.6 is 0 Å². The number of pyridine rings is 1. The topological polar surface area (TPSA) is 43.2 Å². The molecule has 2 heterocycles. The summed E-state index contributed by atoms with van der Waals surface area (Å²) >= 11 is 0. The molecule has 1 aliphatic rings. The second-order valence-electron chi connectivity index (χ2n) is 4.54. The number of anilines is 2. The summed E-state index contributed by atoms with van der Waals surface area (Å²) in [6.07, 6.45) is 5.53. The van der Waals surface area contributed by atoms with Gasteiger partial charge < -0.3 is 9.62 Å². The summed E-state index contributed by atoms with van der Waals surface area (Å²) in [5, 5.41) is 8.88. The molecule has 0 N–H and O–H groups in total. The van der Waals surface area contributed by atoms with Gasteiger partial charge in [0.05, 0.1) is 5.56 Å². The van der Waals surface area contributed by atoms with Crippen LogP contribution in [0.5, 0.6) is 0 Å². The molecule has 0 saturated carbocycles. The third-order valence-corrected chi connectivity index (χ3v) is 3.12. The molecule has 0 spiro atoms. The minimum Gasteiger partial charge on any atom is -0.374 e. The van der Waals surface area contributed by atoms with Crippen LogP contribution in [0.1, 0.15) is 11.1 Å². The standard InChI is InChI=1S/C15H12BN4.Pt/c1-12-9-13(10-17)11-18-15(12)20-8-7-19(16-20)14-5-3-2-4-6-14;/h2-9,11H,1H3;. The predicted octanol–water partition coefficient (Wildman–Crippen LogP) is 2.59. The molecule has 1 aromatic carbocycles. The van der Waals surface area contributed by atoms with E-state index < -0.39 is 0 Å². The zero-order chi connectivity index (χ0) is 13.9. The van der Waals surface area contributed by atoms with Gasteiger partial charge in [-0.3, -0.25) is 0 Å². The van der Waals surface area contributed by atoms with Crippen molar-refractivity contribution in [1.29, 1.82) is 5.26 Å². The summed E-state index contributed by atoms with van der Waals surface area (Å²) in [7, 11) is 1.97. The number of hydrogen-bond acceptors (Lipinski definition) is 4. The Kier molecular flexibility index (Phi) is 4.83. The zero-order valence-electron chi connectivity index (χ0n) is 11.4. The fourth-order valence-electron chi connectivity index (χ4n) is 2.13. The predicted molar refractivity (Wildman–Crippen MR) is 80.0 cm³/mol. The van der Waals surface area contributed by atoms with Crippen molar-refractivity contribution in [3.8, 4) is 6.07 Å².